The van der Waals surface area contributed by atoms with Gasteiger partial charge in [-0.05, 0) is 60.7 Å². The highest BCUT2D eigenvalue weighted by Crippen LogP contribution is 2.66. The number of carbonyl (C=O) groups is 4. The summed E-state index contributed by atoms with van der Waals surface area (Å²) in [5.41, 5.74) is -6.81. The maximum atomic E-state index is 13.9. The van der Waals surface area contributed by atoms with Crippen LogP contribution >= 0.6 is 0 Å². The predicted molar refractivity (Wildman–Crippen MR) is 143 cm³/mol. The lowest BCUT2D eigenvalue weighted by molar-refractivity contribution is -0.166. The highest BCUT2D eigenvalue weighted by molar-refractivity contribution is 8.03. The molecule has 4 saturated carbocycles. The van der Waals surface area contributed by atoms with E-state index >= 15 is 0 Å². The molecule has 4 aliphatic rings. The molecule has 11 nitrogen and oxygen atoms in total. The quantitative estimate of drug-likeness (QED) is 0.272. The zero-order chi connectivity index (χ0) is 32.2. The number of alkyl halides is 3. The third-order valence-electron chi connectivity index (χ3n) is 10.8. The van der Waals surface area contributed by atoms with Gasteiger partial charge in [0.1, 0.15) is 30.6 Å². The van der Waals surface area contributed by atoms with Gasteiger partial charge >= 0.3 is 31.8 Å². The molecule has 0 spiro atoms. The Morgan fingerprint density at radius 3 is 2.35 bits per heavy atom. The van der Waals surface area contributed by atoms with Gasteiger partial charge in [0.15, 0.2) is 0 Å². The van der Waals surface area contributed by atoms with Crippen molar-refractivity contribution in [3.05, 3.63) is 0 Å². The summed E-state index contributed by atoms with van der Waals surface area (Å²) in [6, 6.07) is 0. The molecule has 0 radical (unpaired) electrons. The highest BCUT2D eigenvalue weighted by Gasteiger charge is 2.66. The molecule has 1 N–H and O–H groups in total. The van der Waals surface area contributed by atoms with Gasteiger partial charge in [-0.1, -0.05) is 24.9 Å². The van der Waals surface area contributed by atoms with Crippen LogP contribution in [0.25, 0.3) is 0 Å². The molecule has 4 fully saturated rings. The molecule has 43 heavy (non-hydrogen) atoms. The average Bonchev–Trinajstić information content (AvgIpc) is 3.24. The van der Waals surface area contributed by atoms with E-state index in [1.165, 1.54) is 0 Å². The van der Waals surface area contributed by atoms with E-state index in [4.69, 9.17) is 4.74 Å². The molecule has 0 aliphatic heterocycles. The Kier molecular flexibility index (Phi) is 9.31. The Labute approximate surface area is 249 Å². The topological polar surface area (TPSA) is 167 Å². The summed E-state index contributed by atoms with van der Waals surface area (Å²) in [6.07, 6.45) is 3.95. The van der Waals surface area contributed by atoms with Crippen LogP contribution in [0.3, 0.4) is 0 Å². The molecule has 244 valence electrons. The van der Waals surface area contributed by atoms with Crippen molar-refractivity contribution in [1.29, 1.82) is 0 Å². The molecule has 8 atom stereocenters. The zero-order valence-electron chi connectivity index (χ0n) is 24.3. The first-order chi connectivity index (χ1) is 19.7. The zero-order valence-corrected chi connectivity index (χ0v) is 25.9. The molecule has 0 aromatic heterocycles. The van der Waals surface area contributed by atoms with Crippen LogP contribution in [0.15, 0.2) is 0 Å². The van der Waals surface area contributed by atoms with Crippen LogP contribution in [-0.2, 0) is 48.4 Å². The van der Waals surface area contributed by atoms with Gasteiger partial charge in [0, 0.05) is 43.4 Å². The molecule has 8 unspecified atom stereocenters. The monoisotopic (exact) mass is 657 g/mol. The fourth-order valence-electron chi connectivity index (χ4n) is 8.51. The van der Waals surface area contributed by atoms with Crippen molar-refractivity contribution in [2.24, 2.45) is 46.3 Å². The number of Topliss-reactive ketones (excluding diaryl/α,β-unsaturated/α-hetero) is 3. The van der Waals surface area contributed by atoms with Gasteiger partial charge in [0.05, 0.1) is 0 Å². The molecule has 0 saturated heterocycles. The second-order valence-electron chi connectivity index (χ2n) is 13.0. The lowest BCUT2D eigenvalue weighted by Gasteiger charge is -2.58. The number of halogens is 3. The lowest BCUT2D eigenvalue weighted by atomic mass is 9.44. The first-order valence-electron chi connectivity index (χ1n) is 14.5. The standard InChI is InChI=1S/C27H38F3NO10S2/c1-15(4-7-23(35)40-10-11-41-43(38,39)31-42(36,37)27(28,29)30)18-5-6-19-24-20(14-22(34)26(18,19)3)25(2)9-8-17(32)12-16(25)13-21(24)33/h15-16,18-20,24,31H,4-14H2,1-3H3. The van der Waals surface area contributed by atoms with Crippen LogP contribution in [-0.4, -0.2) is 58.9 Å². The van der Waals surface area contributed by atoms with Crippen LogP contribution in [0.4, 0.5) is 13.2 Å². The third-order valence-corrected chi connectivity index (χ3v) is 13.6. The maximum Gasteiger partial charge on any atom is 0.512 e. The number of fused-ring (bicyclic) bond motifs is 5. The van der Waals surface area contributed by atoms with Gasteiger partial charge in [-0.2, -0.15) is 21.6 Å². The molecule has 16 heteroatoms. The fraction of sp³-hybridized carbons (Fsp3) is 0.852. The molecule has 0 aromatic rings. The Morgan fingerprint density at radius 2 is 1.70 bits per heavy atom. The van der Waals surface area contributed by atoms with E-state index in [-0.39, 0.29) is 64.7 Å². The van der Waals surface area contributed by atoms with Gasteiger partial charge in [0.25, 0.3) is 0 Å². The molecule has 0 bridgehead atoms. The fourth-order valence-corrected chi connectivity index (χ4v) is 10.4. The van der Waals surface area contributed by atoms with E-state index in [1.807, 2.05) is 13.8 Å². The number of rotatable bonds is 10. The summed E-state index contributed by atoms with van der Waals surface area (Å²) in [6.45, 7) is 4.45. The van der Waals surface area contributed by atoms with Crippen LogP contribution in [0, 0.1) is 46.3 Å². The largest absolute Gasteiger partial charge is 0.512 e. The molecular formula is C27H38F3NO10S2. The number of carbonyl (C=O) groups excluding carboxylic acids is 4. The van der Waals surface area contributed by atoms with Gasteiger partial charge in [-0.3, -0.25) is 23.4 Å². The van der Waals surface area contributed by atoms with Crippen LogP contribution in [0.1, 0.15) is 78.6 Å². The number of esters is 1. The molecule has 0 aromatic carbocycles. The summed E-state index contributed by atoms with van der Waals surface area (Å²) < 4.78 is 91.3. The van der Waals surface area contributed by atoms with Crippen molar-refractivity contribution in [2.45, 2.75) is 84.1 Å². The van der Waals surface area contributed by atoms with Crippen molar-refractivity contribution in [2.75, 3.05) is 13.2 Å². The van der Waals surface area contributed by atoms with Gasteiger partial charge in [-0.25, -0.2) is 8.42 Å². The number of hydrogen-bond donors (Lipinski definition) is 1. The SMILES string of the molecule is CC(CCC(=O)OCCOS(=O)(=O)NS(=O)(=O)C(F)(F)F)C1CCC2C3C(=O)CC4CC(=O)CCC4(C)C3CC(=O)C12C. The lowest BCUT2D eigenvalue weighted by Crippen LogP contribution is -2.60. The summed E-state index contributed by atoms with van der Waals surface area (Å²) in [5.74, 6) is -0.851. The van der Waals surface area contributed by atoms with Crippen LogP contribution in [0.5, 0.6) is 0 Å². The molecular weight excluding hydrogens is 619 g/mol. The van der Waals surface area contributed by atoms with Crippen LogP contribution < -0.4 is 4.13 Å². The Bertz CT molecular complexity index is 1380. The van der Waals surface area contributed by atoms with Gasteiger partial charge < -0.3 is 4.74 Å². The van der Waals surface area contributed by atoms with E-state index in [0.717, 1.165) is 12.8 Å². The second kappa shape index (κ2) is 11.8. The average molecular weight is 658 g/mol. The number of sulfonamides is 1. The summed E-state index contributed by atoms with van der Waals surface area (Å²) in [4.78, 5) is 51.8. The molecule has 4 aliphatic carbocycles. The Hall–Kier alpha value is -1.91. The minimum Gasteiger partial charge on any atom is -0.463 e. The smallest absolute Gasteiger partial charge is 0.463 e. The minimum atomic E-state index is -6.20. The van der Waals surface area contributed by atoms with E-state index < -0.39 is 50.4 Å². The normalized spacial score (nSPS) is 35.6. The highest BCUT2D eigenvalue weighted by atomic mass is 32.3. The van der Waals surface area contributed by atoms with Crippen molar-refractivity contribution < 1.29 is 58.1 Å². The summed E-state index contributed by atoms with van der Waals surface area (Å²) >= 11 is 0. The number of ether oxygens (including phenoxy) is 1. The molecule has 0 heterocycles. The van der Waals surface area contributed by atoms with Crippen molar-refractivity contribution >= 4 is 43.6 Å². The van der Waals surface area contributed by atoms with E-state index in [0.29, 0.717) is 42.7 Å². The summed E-state index contributed by atoms with van der Waals surface area (Å²) in [5, 5.41) is 0. The number of hydrogen-bond acceptors (Lipinski definition) is 10. The number of nitrogens with one attached hydrogen (secondary N) is 1. The van der Waals surface area contributed by atoms with Gasteiger partial charge in [-0.15, -0.1) is 0 Å². The predicted octanol–water partition coefficient (Wildman–Crippen LogP) is 3.23. The number of ketones is 3. The van der Waals surface area contributed by atoms with Crippen molar-refractivity contribution in [1.82, 2.24) is 4.13 Å². The molecule has 4 rings (SSSR count). The summed E-state index contributed by atoms with van der Waals surface area (Å²) in [7, 11) is -11.5. The van der Waals surface area contributed by atoms with Gasteiger partial charge in [0.2, 0.25) is 0 Å². The van der Waals surface area contributed by atoms with E-state index in [9.17, 15) is 49.2 Å². The minimum absolute atomic E-state index is 0.0171. The first kappa shape index (κ1) is 34.0. The Balaban J connectivity index is 1.30. The third kappa shape index (κ3) is 6.43. The van der Waals surface area contributed by atoms with E-state index in [1.54, 1.807) is 0 Å². The maximum absolute atomic E-state index is 13.9. The molecule has 0 amide bonds. The van der Waals surface area contributed by atoms with Crippen molar-refractivity contribution in [3.8, 4) is 0 Å². The second-order valence-corrected chi connectivity index (χ2v) is 16.3. The van der Waals surface area contributed by atoms with Crippen molar-refractivity contribution in [3.63, 3.8) is 0 Å². The Morgan fingerprint density at radius 1 is 1.02 bits per heavy atom. The first-order valence-corrected chi connectivity index (χ1v) is 17.3. The van der Waals surface area contributed by atoms with Crippen LogP contribution in [0.2, 0.25) is 0 Å². The van der Waals surface area contributed by atoms with E-state index in [2.05, 4.69) is 11.1 Å².